The molecule has 0 aliphatic rings. The van der Waals surface area contributed by atoms with E-state index in [0.717, 1.165) is 0 Å². The number of rotatable bonds is 4. The van der Waals surface area contributed by atoms with Crippen LogP contribution in [0.25, 0.3) is 0 Å². The minimum absolute atomic E-state index is 0.0395. The van der Waals surface area contributed by atoms with Crippen LogP contribution in [0, 0.1) is 0 Å². The Hall–Kier alpha value is -0.920. The molecule has 0 radical (unpaired) electrons. The van der Waals surface area contributed by atoms with Crippen molar-refractivity contribution in [1.82, 2.24) is 4.72 Å². The van der Waals surface area contributed by atoms with Crippen molar-refractivity contribution in [2.45, 2.75) is 11.1 Å². The summed E-state index contributed by atoms with van der Waals surface area (Å²) in [7, 11) is 0. The van der Waals surface area contributed by atoms with Gasteiger partial charge >= 0.3 is 12.1 Å². The topological polar surface area (TPSA) is 49.3 Å². The average Bonchev–Trinajstić information content (AvgIpc) is 2.18. The van der Waals surface area contributed by atoms with E-state index in [0.29, 0.717) is 16.8 Å². The first kappa shape index (κ1) is 14.1. The van der Waals surface area contributed by atoms with Crippen LogP contribution in [-0.4, -0.2) is 23.8 Å². The van der Waals surface area contributed by atoms with Crippen molar-refractivity contribution in [3.05, 3.63) is 28.8 Å². The second kappa shape index (κ2) is 5.61. The molecule has 0 saturated carbocycles. The summed E-state index contributed by atoms with van der Waals surface area (Å²) < 4.78 is 37.6. The summed E-state index contributed by atoms with van der Waals surface area (Å²) in [5.74, 6) is -1.23. The first-order chi connectivity index (χ1) is 7.79. The number of carbonyl (C=O) groups is 1. The maximum atomic E-state index is 11.8. The number of hydrogen-bond donors (Lipinski definition) is 2. The lowest BCUT2D eigenvalue weighted by Gasteiger charge is -2.08. The Morgan fingerprint density at radius 1 is 1.47 bits per heavy atom. The third-order valence-corrected chi connectivity index (χ3v) is 2.74. The highest BCUT2D eigenvalue weighted by molar-refractivity contribution is 7.97. The summed E-state index contributed by atoms with van der Waals surface area (Å²) in [6.07, 6.45) is -4.31. The Morgan fingerprint density at radius 2 is 2.12 bits per heavy atom. The molecule has 0 aromatic heterocycles. The molecule has 0 amide bonds. The molecule has 1 aromatic rings. The summed E-state index contributed by atoms with van der Waals surface area (Å²) in [6, 6.07) is 3.96. The summed E-state index contributed by atoms with van der Waals surface area (Å²) in [6.45, 7) is -1.16. The van der Waals surface area contributed by atoms with Gasteiger partial charge in [0.1, 0.15) is 6.54 Å². The van der Waals surface area contributed by atoms with E-state index in [1.165, 1.54) is 18.2 Å². The number of nitrogens with one attached hydrogen (secondary N) is 1. The lowest BCUT2D eigenvalue weighted by atomic mass is 10.2. The van der Waals surface area contributed by atoms with E-state index in [9.17, 15) is 18.0 Å². The maximum Gasteiger partial charge on any atom is 0.402 e. The Kier molecular flexibility index (Phi) is 4.67. The molecule has 0 atom stereocenters. The smallest absolute Gasteiger partial charge is 0.402 e. The first-order valence-corrected chi connectivity index (χ1v) is 5.48. The molecular formula is C9H7ClF3NO2S. The fourth-order valence-electron chi connectivity index (χ4n) is 0.933. The largest absolute Gasteiger partial charge is 0.478 e. The van der Waals surface area contributed by atoms with Crippen LogP contribution in [0.15, 0.2) is 23.1 Å². The van der Waals surface area contributed by atoms with E-state index < -0.39 is 18.7 Å². The summed E-state index contributed by atoms with van der Waals surface area (Å²) in [5.41, 5.74) is -0.148. The Bertz CT molecular complexity index is 425. The normalized spacial score (nSPS) is 11.5. The van der Waals surface area contributed by atoms with Crippen molar-refractivity contribution in [3.8, 4) is 0 Å². The van der Waals surface area contributed by atoms with Crippen molar-refractivity contribution in [1.29, 1.82) is 0 Å². The predicted octanol–water partition coefficient (Wildman–Crippen LogP) is 3.20. The van der Waals surface area contributed by atoms with Crippen LogP contribution in [0.4, 0.5) is 13.2 Å². The van der Waals surface area contributed by atoms with Gasteiger partial charge in [-0.25, -0.2) is 4.79 Å². The van der Waals surface area contributed by atoms with Gasteiger partial charge in [0.2, 0.25) is 0 Å². The molecule has 17 heavy (non-hydrogen) atoms. The van der Waals surface area contributed by atoms with Gasteiger partial charge in [0, 0.05) is 4.90 Å². The number of alkyl halides is 3. The van der Waals surface area contributed by atoms with Crippen molar-refractivity contribution in [3.63, 3.8) is 0 Å². The number of aromatic carboxylic acids is 1. The molecule has 0 bridgehead atoms. The third-order valence-electron chi connectivity index (χ3n) is 1.63. The second-order valence-electron chi connectivity index (χ2n) is 2.99. The molecule has 0 fully saturated rings. The number of carboxylic acids is 1. The van der Waals surface area contributed by atoms with E-state index >= 15 is 0 Å². The highest BCUT2D eigenvalue weighted by Crippen LogP contribution is 2.24. The van der Waals surface area contributed by atoms with Crippen LogP contribution >= 0.6 is 23.5 Å². The molecule has 94 valence electrons. The Labute approximate surface area is 104 Å². The molecule has 0 saturated heterocycles. The van der Waals surface area contributed by atoms with Gasteiger partial charge in [0.25, 0.3) is 0 Å². The van der Waals surface area contributed by atoms with E-state index in [-0.39, 0.29) is 10.6 Å². The zero-order valence-electron chi connectivity index (χ0n) is 8.21. The summed E-state index contributed by atoms with van der Waals surface area (Å²) in [5, 5.41) is 8.79. The molecule has 0 aliphatic carbocycles. The quantitative estimate of drug-likeness (QED) is 0.834. The standard InChI is InChI=1S/C9H7ClF3NO2S/c10-7-2-1-5(3-6(7)8(15)16)17-14-4-9(11,12)13/h1-3,14H,4H2,(H,15,16). The van der Waals surface area contributed by atoms with Gasteiger partial charge in [0.05, 0.1) is 10.6 Å². The van der Waals surface area contributed by atoms with E-state index in [2.05, 4.69) is 4.72 Å². The van der Waals surface area contributed by atoms with Crippen molar-refractivity contribution in [2.24, 2.45) is 0 Å². The van der Waals surface area contributed by atoms with Crippen LogP contribution < -0.4 is 4.72 Å². The minimum Gasteiger partial charge on any atom is -0.478 e. The van der Waals surface area contributed by atoms with Crippen molar-refractivity contribution >= 4 is 29.5 Å². The second-order valence-corrected chi connectivity index (χ2v) is 4.36. The van der Waals surface area contributed by atoms with E-state index in [1.807, 2.05) is 0 Å². The van der Waals surface area contributed by atoms with E-state index in [4.69, 9.17) is 16.7 Å². The molecule has 3 nitrogen and oxygen atoms in total. The Balaban J connectivity index is 2.67. The molecule has 1 aromatic carbocycles. The highest BCUT2D eigenvalue weighted by atomic mass is 35.5. The lowest BCUT2D eigenvalue weighted by Crippen LogP contribution is -2.23. The van der Waals surface area contributed by atoms with Crippen LogP contribution in [0.3, 0.4) is 0 Å². The summed E-state index contributed by atoms with van der Waals surface area (Å²) >= 11 is 6.30. The van der Waals surface area contributed by atoms with Crippen molar-refractivity contribution < 1.29 is 23.1 Å². The number of halogens is 4. The van der Waals surface area contributed by atoms with Gasteiger partial charge in [-0.15, -0.1) is 0 Å². The molecular weight excluding hydrogens is 279 g/mol. The predicted molar refractivity (Wildman–Crippen MR) is 58.3 cm³/mol. The fraction of sp³-hybridized carbons (Fsp3) is 0.222. The molecule has 0 unspecified atom stereocenters. The van der Waals surface area contributed by atoms with E-state index in [1.54, 1.807) is 0 Å². The monoisotopic (exact) mass is 285 g/mol. The first-order valence-electron chi connectivity index (χ1n) is 4.29. The number of carboxylic acid groups (broad SMARTS) is 1. The van der Waals surface area contributed by atoms with Gasteiger partial charge in [-0.05, 0) is 30.1 Å². The number of benzene rings is 1. The molecule has 2 N–H and O–H groups in total. The molecule has 0 aliphatic heterocycles. The van der Waals surface area contributed by atoms with Crippen LogP contribution in [0.1, 0.15) is 10.4 Å². The van der Waals surface area contributed by atoms with Crippen molar-refractivity contribution in [2.75, 3.05) is 6.54 Å². The SMILES string of the molecule is O=C(O)c1cc(SNCC(F)(F)F)ccc1Cl. The summed E-state index contributed by atoms with van der Waals surface area (Å²) in [4.78, 5) is 11.1. The zero-order valence-corrected chi connectivity index (χ0v) is 9.79. The molecule has 0 spiro atoms. The van der Waals surface area contributed by atoms with Gasteiger partial charge in [0.15, 0.2) is 0 Å². The molecule has 8 heteroatoms. The zero-order chi connectivity index (χ0) is 13.1. The van der Waals surface area contributed by atoms with Crippen LogP contribution in [0.5, 0.6) is 0 Å². The fourth-order valence-corrected chi connectivity index (χ4v) is 1.85. The maximum absolute atomic E-state index is 11.8. The van der Waals surface area contributed by atoms with Crippen LogP contribution in [0.2, 0.25) is 5.02 Å². The molecule has 0 heterocycles. The van der Waals surface area contributed by atoms with Gasteiger partial charge in [-0.2, -0.15) is 13.2 Å². The van der Waals surface area contributed by atoms with Gasteiger partial charge in [-0.3, -0.25) is 4.72 Å². The lowest BCUT2D eigenvalue weighted by molar-refractivity contribution is -0.120. The highest BCUT2D eigenvalue weighted by Gasteiger charge is 2.26. The molecule has 1 rings (SSSR count). The third kappa shape index (κ3) is 4.84. The van der Waals surface area contributed by atoms with Crippen LogP contribution in [-0.2, 0) is 0 Å². The van der Waals surface area contributed by atoms with Gasteiger partial charge < -0.3 is 5.11 Å². The van der Waals surface area contributed by atoms with Gasteiger partial charge in [-0.1, -0.05) is 11.6 Å². The minimum atomic E-state index is -4.31. The Morgan fingerprint density at radius 3 is 2.65 bits per heavy atom. The number of hydrogen-bond acceptors (Lipinski definition) is 3. The average molecular weight is 286 g/mol.